The first kappa shape index (κ1) is 19.1. The molecule has 2 rings (SSSR count). The van der Waals surface area contributed by atoms with Crippen molar-refractivity contribution in [2.45, 2.75) is 33.2 Å². The van der Waals surface area contributed by atoms with E-state index in [1.54, 1.807) is 0 Å². The number of hydrogen-bond donors (Lipinski definition) is 1. The average molecular weight is 343 g/mol. The first-order valence-corrected chi connectivity index (χ1v) is 9.08. The molecule has 136 valence electrons. The van der Waals surface area contributed by atoms with E-state index in [0.717, 1.165) is 42.2 Å². The fourth-order valence-corrected chi connectivity index (χ4v) is 2.35. The third-order valence-electron chi connectivity index (χ3n) is 3.77. The second kappa shape index (κ2) is 11.4. The summed E-state index contributed by atoms with van der Waals surface area (Å²) in [5.74, 6) is 1.81. The van der Waals surface area contributed by atoms with Crippen LogP contribution in [-0.4, -0.2) is 26.4 Å². The Kier molecular flexibility index (Phi) is 8.70. The fourth-order valence-electron chi connectivity index (χ4n) is 2.35. The zero-order valence-electron chi connectivity index (χ0n) is 15.3. The van der Waals surface area contributed by atoms with Crippen molar-refractivity contribution in [3.8, 4) is 11.5 Å². The lowest BCUT2D eigenvalue weighted by molar-refractivity contribution is 0.110. The molecule has 0 spiro atoms. The van der Waals surface area contributed by atoms with Gasteiger partial charge in [-0.2, -0.15) is 0 Å². The molecule has 0 aliphatic heterocycles. The van der Waals surface area contributed by atoms with E-state index in [9.17, 15) is 0 Å². The quantitative estimate of drug-likeness (QED) is 0.557. The Morgan fingerprint density at radius 3 is 2.40 bits per heavy atom. The molecular formula is C21H29NO3. The predicted molar refractivity (Wildman–Crippen MR) is 103 cm³/mol. The van der Waals surface area contributed by atoms with Crippen molar-refractivity contribution in [3.05, 3.63) is 54.1 Å². The zero-order valence-corrected chi connectivity index (χ0v) is 15.3. The molecule has 0 aliphatic rings. The van der Waals surface area contributed by atoms with Crippen LogP contribution in [-0.2, 0) is 11.3 Å². The molecule has 4 nitrogen and oxygen atoms in total. The van der Waals surface area contributed by atoms with Gasteiger partial charge in [-0.05, 0) is 43.7 Å². The van der Waals surface area contributed by atoms with Crippen molar-refractivity contribution in [2.24, 2.45) is 0 Å². The van der Waals surface area contributed by atoms with Gasteiger partial charge in [0.15, 0.2) is 0 Å². The van der Waals surface area contributed by atoms with Gasteiger partial charge in [0, 0.05) is 24.4 Å². The second-order valence-electron chi connectivity index (χ2n) is 5.73. The highest BCUT2D eigenvalue weighted by Crippen LogP contribution is 2.21. The summed E-state index contributed by atoms with van der Waals surface area (Å²) in [6, 6.07) is 16.2. The number of unbranched alkanes of at least 4 members (excludes halogenated alkanes) is 1. The summed E-state index contributed by atoms with van der Waals surface area (Å²) in [7, 11) is 0. The highest BCUT2D eigenvalue weighted by Gasteiger charge is 2.03. The van der Waals surface area contributed by atoms with Gasteiger partial charge >= 0.3 is 0 Å². The summed E-state index contributed by atoms with van der Waals surface area (Å²) >= 11 is 0. The Morgan fingerprint density at radius 2 is 1.64 bits per heavy atom. The number of anilines is 1. The van der Waals surface area contributed by atoms with Crippen LogP contribution in [0.25, 0.3) is 0 Å². The molecule has 0 aromatic heterocycles. The molecule has 0 amide bonds. The molecule has 0 heterocycles. The molecule has 0 fully saturated rings. The van der Waals surface area contributed by atoms with Gasteiger partial charge in [-0.25, -0.2) is 0 Å². The van der Waals surface area contributed by atoms with Gasteiger partial charge in [-0.3, -0.25) is 0 Å². The number of ether oxygens (including phenoxy) is 3. The summed E-state index contributed by atoms with van der Waals surface area (Å²) in [6.07, 6.45) is 2.23. The van der Waals surface area contributed by atoms with Crippen LogP contribution in [0, 0.1) is 0 Å². The minimum atomic E-state index is 0.564. The maximum absolute atomic E-state index is 5.82. The predicted octanol–water partition coefficient (Wildman–Crippen LogP) is 4.89. The summed E-state index contributed by atoms with van der Waals surface area (Å²) < 4.78 is 16.8. The molecule has 0 atom stereocenters. The molecule has 2 aromatic rings. The van der Waals surface area contributed by atoms with Crippen molar-refractivity contribution in [1.29, 1.82) is 0 Å². The molecule has 0 saturated heterocycles. The van der Waals surface area contributed by atoms with E-state index in [1.165, 1.54) is 0 Å². The van der Waals surface area contributed by atoms with Gasteiger partial charge in [-0.1, -0.05) is 31.5 Å². The van der Waals surface area contributed by atoms with Crippen LogP contribution in [0.1, 0.15) is 32.3 Å². The number of nitrogens with one attached hydrogen (secondary N) is 1. The molecule has 0 radical (unpaired) electrons. The van der Waals surface area contributed by atoms with Crippen LogP contribution >= 0.6 is 0 Å². The maximum atomic E-state index is 5.82. The molecule has 0 unspecified atom stereocenters. The van der Waals surface area contributed by atoms with Crippen LogP contribution < -0.4 is 14.8 Å². The Labute approximate surface area is 151 Å². The van der Waals surface area contributed by atoms with E-state index in [2.05, 4.69) is 18.3 Å². The van der Waals surface area contributed by atoms with Crippen molar-refractivity contribution in [1.82, 2.24) is 0 Å². The first-order valence-electron chi connectivity index (χ1n) is 9.08. The molecule has 25 heavy (non-hydrogen) atoms. The third-order valence-corrected chi connectivity index (χ3v) is 3.77. The van der Waals surface area contributed by atoms with Crippen LogP contribution in [0.5, 0.6) is 11.5 Å². The van der Waals surface area contributed by atoms with Crippen molar-refractivity contribution in [2.75, 3.05) is 31.7 Å². The van der Waals surface area contributed by atoms with Gasteiger partial charge in [0.1, 0.15) is 18.1 Å². The minimum absolute atomic E-state index is 0.564. The van der Waals surface area contributed by atoms with E-state index in [-0.39, 0.29) is 0 Å². The molecule has 4 heteroatoms. The molecule has 2 aromatic carbocycles. The summed E-state index contributed by atoms with van der Waals surface area (Å²) in [6.45, 7) is 7.51. The normalized spacial score (nSPS) is 10.5. The monoisotopic (exact) mass is 343 g/mol. The second-order valence-corrected chi connectivity index (χ2v) is 5.73. The lowest BCUT2D eigenvalue weighted by Gasteiger charge is -2.13. The van der Waals surface area contributed by atoms with Gasteiger partial charge in [-0.15, -0.1) is 0 Å². The SMILES string of the molecule is CCCCOc1ccc(NCc2ccccc2OCCOCC)cc1. The van der Waals surface area contributed by atoms with Gasteiger partial charge < -0.3 is 19.5 Å². The zero-order chi connectivity index (χ0) is 17.7. The van der Waals surface area contributed by atoms with Crippen molar-refractivity contribution in [3.63, 3.8) is 0 Å². The fraction of sp³-hybridized carbons (Fsp3) is 0.429. The van der Waals surface area contributed by atoms with E-state index in [0.29, 0.717) is 26.4 Å². The maximum Gasteiger partial charge on any atom is 0.124 e. The van der Waals surface area contributed by atoms with Crippen LogP contribution in [0.4, 0.5) is 5.69 Å². The molecule has 1 N–H and O–H groups in total. The van der Waals surface area contributed by atoms with Crippen LogP contribution in [0.3, 0.4) is 0 Å². The van der Waals surface area contributed by atoms with E-state index in [4.69, 9.17) is 14.2 Å². The van der Waals surface area contributed by atoms with Crippen LogP contribution in [0.2, 0.25) is 0 Å². The molecule has 0 saturated carbocycles. The van der Waals surface area contributed by atoms with Crippen LogP contribution in [0.15, 0.2) is 48.5 Å². The standard InChI is InChI=1S/C21H29NO3/c1-3-5-14-24-20-12-10-19(11-13-20)22-17-18-8-6-7-9-21(18)25-16-15-23-4-2/h6-13,22H,3-5,14-17H2,1-2H3. The third kappa shape index (κ3) is 7.06. The number of rotatable bonds is 12. The lowest BCUT2D eigenvalue weighted by atomic mass is 10.2. The van der Waals surface area contributed by atoms with E-state index in [1.807, 2.05) is 49.4 Å². The van der Waals surface area contributed by atoms with Crippen molar-refractivity contribution < 1.29 is 14.2 Å². The summed E-state index contributed by atoms with van der Waals surface area (Å²) in [4.78, 5) is 0. The topological polar surface area (TPSA) is 39.7 Å². The average Bonchev–Trinajstić information content (AvgIpc) is 2.65. The highest BCUT2D eigenvalue weighted by atomic mass is 16.5. The summed E-state index contributed by atoms with van der Waals surface area (Å²) in [5.41, 5.74) is 2.19. The molecule has 0 aliphatic carbocycles. The minimum Gasteiger partial charge on any atom is -0.494 e. The van der Waals surface area contributed by atoms with E-state index >= 15 is 0 Å². The summed E-state index contributed by atoms with van der Waals surface area (Å²) in [5, 5.41) is 3.43. The smallest absolute Gasteiger partial charge is 0.124 e. The largest absolute Gasteiger partial charge is 0.494 e. The Balaban J connectivity index is 1.84. The number of hydrogen-bond acceptors (Lipinski definition) is 4. The van der Waals surface area contributed by atoms with E-state index < -0.39 is 0 Å². The molecule has 0 bridgehead atoms. The Morgan fingerprint density at radius 1 is 0.840 bits per heavy atom. The van der Waals surface area contributed by atoms with Gasteiger partial charge in [0.25, 0.3) is 0 Å². The molecular weight excluding hydrogens is 314 g/mol. The lowest BCUT2D eigenvalue weighted by Crippen LogP contribution is -2.09. The number of para-hydroxylation sites is 1. The number of benzene rings is 2. The van der Waals surface area contributed by atoms with Crippen molar-refractivity contribution >= 4 is 5.69 Å². The van der Waals surface area contributed by atoms with Gasteiger partial charge in [0.2, 0.25) is 0 Å². The first-order chi connectivity index (χ1) is 12.3. The highest BCUT2D eigenvalue weighted by molar-refractivity contribution is 5.47. The Bertz CT molecular complexity index is 598. The van der Waals surface area contributed by atoms with Gasteiger partial charge in [0.05, 0.1) is 13.2 Å². The Hall–Kier alpha value is -2.20.